The van der Waals surface area contributed by atoms with Crippen molar-refractivity contribution in [1.82, 2.24) is 0 Å². The third-order valence-electron chi connectivity index (χ3n) is 3.04. The number of ether oxygens (including phenoxy) is 1. The lowest BCUT2D eigenvalue weighted by molar-refractivity contribution is 0.414. The van der Waals surface area contributed by atoms with E-state index in [1.165, 1.54) is 11.3 Å². The van der Waals surface area contributed by atoms with E-state index in [2.05, 4.69) is 24.0 Å². The molecule has 0 unspecified atom stereocenters. The number of hydrogen-bond acceptors (Lipinski definition) is 3. The van der Waals surface area contributed by atoms with Gasteiger partial charge in [0.05, 0.1) is 13.3 Å². The molecular formula is C12H18N2O. The van der Waals surface area contributed by atoms with Crippen LogP contribution >= 0.6 is 0 Å². The number of fused-ring (bicyclic) bond motifs is 1. The summed E-state index contributed by atoms with van der Waals surface area (Å²) in [6.45, 7) is 3.14. The van der Waals surface area contributed by atoms with Gasteiger partial charge >= 0.3 is 0 Å². The standard InChI is InChI=1S/C12H18N2O/c1-3-12(13)14-7-6-9-4-5-10(15-2)8-11(9)14/h4-5,8,12H,3,6-7,13H2,1-2H3/t12-/m0/s1. The summed E-state index contributed by atoms with van der Waals surface area (Å²) < 4.78 is 5.23. The molecule has 0 fully saturated rings. The van der Waals surface area contributed by atoms with E-state index in [9.17, 15) is 0 Å². The molecule has 1 aliphatic rings. The number of nitrogens with two attached hydrogens (primary N) is 1. The molecule has 0 amide bonds. The third-order valence-corrected chi connectivity index (χ3v) is 3.04. The van der Waals surface area contributed by atoms with Gasteiger partial charge in [-0.2, -0.15) is 0 Å². The Balaban J connectivity index is 2.31. The number of benzene rings is 1. The molecule has 1 aromatic rings. The molecule has 0 aliphatic carbocycles. The molecule has 0 radical (unpaired) electrons. The van der Waals surface area contributed by atoms with Crippen LogP contribution in [0.3, 0.4) is 0 Å². The first-order valence-electron chi connectivity index (χ1n) is 5.45. The van der Waals surface area contributed by atoms with Gasteiger partial charge in [0.1, 0.15) is 5.75 Å². The number of hydrogen-bond donors (Lipinski definition) is 1. The molecule has 3 heteroatoms. The first-order chi connectivity index (χ1) is 7.26. The molecule has 0 spiro atoms. The minimum atomic E-state index is 0.123. The van der Waals surface area contributed by atoms with E-state index in [4.69, 9.17) is 10.5 Å². The minimum absolute atomic E-state index is 0.123. The fourth-order valence-electron chi connectivity index (χ4n) is 2.08. The molecule has 82 valence electrons. The summed E-state index contributed by atoms with van der Waals surface area (Å²) >= 11 is 0. The summed E-state index contributed by atoms with van der Waals surface area (Å²) in [5, 5.41) is 0. The Morgan fingerprint density at radius 3 is 3.00 bits per heavy atom. The van der Waals surface area contributed by atoms with Gasteiger partial charge in [-0.1, -0.05) is 13.0 Å². The van der Waals surface area contributed by atoms with Crippen LogP contribution in [0.4, 0.5) is 5.69 Å². The van der Waals surface area contributed by atoms with Gasteiger partial charge in [-0.3, -0.25) is 0 Å². The minimum Gasteiger partial charge on any atom is -0.497 e. The number of nitrogens with zero attached hydrogens (tertiary/aromatic N) is 1. The molecule has 1 aliphatic heterocycles. The van der Waals surface area contributed by atoms with Crippen molar-refractivity contribution in [1.29, 1.82) is 0 Å². The van der Waals surface area contributed by atoms with Gasteiger partial charge in [0.2, 0.25) is 0 Å². The van der Waals surface area contributed by atoms with Crippen LogP contribution in [-0.2, 0) is 6.42 Å². The number of rotatable bonds is 3. The molecular weight excluding hydrogens is 188 g/mol. The Labute approximate surface area is 90.8 Å². The van der Waals surface area contributed by atoms with Crippen LogP contribution in [0.1, 0.15) is 18.9 Å². The molecule has 3 nitrogen and oxygen atoms in total. The number of methoxy groups -OCH3 is 1. The van der Waals surface area contributed by atoms with Crippen molar-refractivity contribution >= 4 is 5.69 Å². The smallest absolute Gasteiger partial charge is 0.120 e. The SMILES string of the molecule is CC[C@@H](N)N1CCc2ccc(OC)cc21. The maximum Gasteiger partial charge on any atom is 0.120 e. The van der Waals surface area contributed by atoms with Gasteiger partial charge in [0, 0.05) is 18.3 Å². The quantitative estimate of drug-likeness (QED) is 0.819. The number of anilines is 1. The van der Waals surface area contributed by atoms with Crippen molar-refractivity contribution in [3.63, 3.8) is 0 Å². The summed E-state index contributed by atoms with van der Waals surface area (Å²) in [5.74, 6) is 0.906. The predicted molar refractivity (Wildman–Crippen MR) is 62.3 cm³/mol. The maximum atomic E-state index is 6.07. The van der Waals surface area contributed by atoms with Crippen molar-refractivity contribution < 1.29 is 4.74 Å². The molecule has 0 aromatic heterocycles. The Hall–Kier alpha value is -1.22. The van der Waals surface area contributed by atoms with Crippen LogP contribution in [0.2, 0.25) is 0 Å². The van der Waals surface area contributed by atoms with Crippen LogP contribution in [0.25, 0.3) is 0 Å². The van der Waals surface area contributed by atoms with Crippen LogP contribution in [0.5, 0.6) is 5.75 Å². The second-order valence-electron chi connectivity index (χ2n) is 3.91. The fourth-order valence-corrected chi connectivity index (χ4v) is 2.08. The molecule has 1 atom stereocenters. The van der Waals surface area contributed by atoms with Gasteiger partial charge < -0.3 is 15.4 Å². The van der Waals surface area contributed by atoms with Gasteiger partial charge in [-0.25, -0.2) is 0 Å². The first-order valence-corrected chi connectivity index (χ1v) is 5.45. The van der Waals surface area contributed by atoms with E-state index in [1.54, 1.807) is 7.11 Å². The van der Waals surface area contributed by atoms with Gasteiger partial charge in [-0.05, 0) is 24.5 Å². The zero-order valence-electron chi connectivity index (χ0n) is 9.36. The zero-order chi connectivity index (χ0) is 10.8. The third kappa shape index (κ3) is 1.79. The van der Waals surface area contributed by atoms with Crippen molar-refractivity contribution in [3.05, 3.63) is 23.8 Å². The summed E-state index contributed by atoms with van der Waals surface area (Å²) in [4.78, 5) is 2.26. The second kappa shape index (κ2) is 4.11. The normalized spacial score (nSPS) is 16.3. The summed E-state index contributed by atoms with van der Waals surface area (Å²) in [6, 6.07) is 6.23. The highest BCUT2D eigenvalue weighted by Gasteiger charge is 2.22. The highest BCUT2D eigenvalue weighted by molar-refractivity contribution is 5.61. The maximum absolute atomic E-state index is 6.07. The Morgan fingerprint density at radius 2 is 2.33 bits per heavy atom. The van der Waals surface area contributed by atoms with Gasteiger partial charge in [0.15, 0.2) is 0 Å². The van der Waals surface area contributed by atoms with Crippen molar-refractivity contribution in [2.45, 2.75) is 25.9 Å². The second-order valence-corrected chi connectivity index (χ2v) is 3.91. The van der Waals surface area contributed by atoms with E-state index in [0.29, 0.717) is 0 Å². The molecule has 0 saturated heterocycles. The van der Waals surface area contributed by atoms with Crippen molar-refractivity contribution in [2.75, 3.05) is 18.6 Å². The van der Waals surface area contributed by atoms with E-state index in [0.717, 1.165) is 25.1 Å². The molecule has 0 bridgehead atoms. The lowest BCUT2D eigenvalue weighted by Gasteiger charge is -2.26. The summed E-state index contributed by atoms with van der Waals surface area (Å²) in [7, 11) is 1.70. The topological polar surface area (TPSA) is 38.5 Å². The van der Waals surface area contributed by atoms with Crippen molar-refractivity contribution in [2.24, 2.45) is 5.73 Å². The van der Waals surface area contributed by atoms with Gasteiger partial charge in [0.25, 0.3) is 0 Å². The molecule has 2 rings (SSSR count). The van der Waals surface area contributed by atoms with Gasteiger partial charge in [-0.15, -0.1) is 0 Å². The lowest BCUT2D eigenvalue weighted by Crippen LogP contribution is -2.40. The Kier molecular flexibility index (Phi) is 2.82. The van der Waals surface area contributed by atoms with E-state index in [1.807, 2.05) is 6.07 Å². The Morgan fingerprint density at radius 1 is 1.53 bits per heavy atom. The lowest BCUT2D eigenvalue weighted by atomic mass is 10.1. The van der Waals surface area contributed by atoms with E-state index < -0.39 is 0 Å². The monoisotopic (exact) mass is 206 g/mol. The fraction of sp³-hybridized carbons (Fsp3) is 0.500. The largest absolute Gasteiger partial charge is 0.497 e. The van der Waals surface area contributed by atoms with Crippen LogP contribution in [0.15, 0.2) is 18.2 Å². The summed E-state index contributed by atoms with van der Waals surface area (Å²) in [5.41, 5.74) is 8.68. The molecule has 1 aromatic carbocycles. The molecule has 1 heterocycles. The van der Waals surface area contributed by atoms with E-state index >= 15 is 0 Å². The van der Waals surface area contributed by atoms with Crippen LogP contribution in [0, 0.1) is 0 Å². The highest BCUT2D eigenvalue weighted by atomic mass is 16.5. The first kappa shape index (κ1) is 10.3. The Bertz CT molecular complexity index is 351. The van der Waals surface area contributed by atoms with Crippen LogP contribution in [-0.4, -0.2) is 19.8 Å². The van der Waals surface area contributed by atoms with E-state index in [-0.39, 0.29) is 6.17 Å². The van der Waals surface area contributed by atoms with Crippen molar-refractivity contribution in [3.8, 4) is 5.75 Å². The summed E-state index contributed by atoms with van der Waals surface area (Å²) in [6.07, 6.45) is 2.18. The molecule has 15 heavy (non-hydrogen) atoms. The molecule has 2 N–H and O–H groups in total. The highest BCUT2D eigenvalue weighted by Crippen LogP contribution is 2.32. The van der Waals surface area contributed by atoms with Crippen LogP contribution < -0.4 is 15.4 Å². The average molecular weight is 206 g/mol. The average Bonchev–Trinajstić information content (AvgIpc) is 2.70. The molecule has 0 saturated carbocycles. The zero-order valence-corrected chi connectivity index (χ0v) is 9.36. The predicted octanol–water partition coefficient (Wildman–Crippen LogP) is 1.75.